The zero-order valence-electron chi connectivity index (χ0n) is 18.1. The molecule has 0 fully saturated rings. The van der Waals surface area contributed by atoms with E-state index in [9.17, 15) is 14.9 Å². The maximum Gasteiger partial charge on any atom is 0.342 e. The zero-order valence-corrected chi connectivity index (χ0v) is 18.9. The number of benzene rings is 1. The molecule has 32 heavy (non-hydrogen) atoms. The number of esters is 1. The highest BCUT2D eigenvalue weighted by Gasteiger charge is 2.24. The van der Waals surface area contributed by atoms with Gasteiger partial charge < -0.3 is 10.1 Å². The molecule has 0 saturated carbocycles. The number of amides is 1. The molecule has 1 aliphatic carbocycles. The highest BCUT2D eigenvalue weighted by molar-refractivity contribution is 7.16. The molecule has 1 N–H and O–H groups in total. The molecule has 1 aromatic carbocycles. The zero-order chi connectivity index (χ0) is 22.7. The molecule has 0 saturated heterocycles. The molecule has 1 amide bonds. The predicted octanol–water partition coefficient (Wildman–Crippen LogP) is 4.16. The van der Waals surface area contributed by atoms with E-state index in [0.29, 0.717) is 34.1 Å². The Balaban J connectivity index is 1.40. The third kappa shape index (κ3) is 4.43. The van der Waals surface area contributed by atoms with Crippen LogP contribution in [-0.2, 0) is 28.9 Å². The first-order valence-corrected chi connectivity index (χ1v) is 11.4. The number of ether oxygens (including phenoxy) is 1. The van der Waals surface area contributed by atoms with Gasteiger partial charge in [-0.25, -0.2) is 4.79 Å². The summed E-state index contributed by atoms with van der Waals surface area (Å²) in [6, 6.07) is 12.1. The Hall–Kier alpha value is -3.44. The van der Waals surface area contributed by atoms with Crippen LogP contribution in [0, 0.1) is 25.2 Å². The number of hydrogen-bond donors (Lipinski definition) is 1. The summed E-state index contributed by atoms with van der Waals surface area (Å²) in [5, 5.41) is 17.3. The number of fused-ring (bicyclic) bond motifs is 1. The van der Waals surface area contributed by atoms with Gasteiger partial charge in [0.1, 0.15) is 16.6 Å². The van der Waals surface area contributed by atoms with Gasteiger partial charge in [-0.1, -0.05) is 30.3 Å². The summed E-state index contributed by atoms with van der Waals surface area (Å²) in [6.45, 7) is 3.69. The molecule has 3 aromatic rings. The number of hydrogen-bond acceptors (Lipinski definition) is 6. The number of nitriles is 1. The SMILES string of the molecule is Cc1nn(Cc2ccccc2)c(C)c1C(=O)OCC(=O)Nc1sc2c(c1C#N)CCCC2. The van der Waals surface area contributed by atoms with Gasteiger partial charge in [-0.15, -0.1) is 11.3 Å². The van der Waals surface area contributed by atoms with Crippen molar-refractivity contribution in [2.24, 2.45) is 0 Å². The van der Waals surface area contributed by atoms with E-state index in [1.165, 1.54) is 11.3 Å². The number of carbonyl (C=O) groups is 2. The molecule has 0 atom stereocenters. The van der Waals surface area contributed by atoms with E-state index in [0.717, 1.165) is 41.7 Å². The summed E-state index contributed by atoms with van der Waals surface area (Å²) in [4.78, 5) is 26.3. The highest BCUT2D eigenvalue weighted by Crippen LogP contribution is 2.37. The van der Waals surface area contributed by atoms with Gasteiger partial charge in [0.05, 0.1) is 23.5 Å². The molecule has 0 unspecified atom stereocenters. The van der Waals surface area contributed by atoms with Crippen LogP contribution < -0.4 is 5.32 Å². The minimum atomic E-state index is -0.583. The molecule has 2 aromatic heterocycles. The van der Waals surface area contributed by atoms with Crippen LogP contribution in [0.15, 0.2) is 30.3 Å². The quantitative estimate of drug-likeness (QED) is 0.571. The molecule has 164 valence electrons. The summed E-state index contributed by atoms with van der Waals surface area (Å²) >= 11 is 1.45. The van der Waals surface area contributed by atoms with E-state index in [-0.39, 0.29) is 0 Å². The molecule has 0 aliphatic heterocycles. The molecular formula is C24H24N4O3S. The van der Waals surface area contributed by atoms with Crippen molar-refractivity contribution in [1.29, 1.82) is 5.26 Å². The number of carbonyl (C=O) groups excluding carboxylic acids is 2. The maximum atomic E-state index is 12.7. The van der Waals surface area contributed by atoms with E-state index in [4.69, 9.17) is 4.74 Å². The van der Waals surface area contributed by atoms with Gasteiger partial charge in [0, 0.05) is 4.88 Å². The van der Waals surface area contributed by atoms with Crippen molar-refractivity contribution in [3.63, 3.8) is 0 Å². The molecule has 8 heteroatoms. The van der Waals surface area contributed by atoms with Crippen molar-refractivity contribution < 1.29 is 14.3 Å². The Morgan fingerprint density at radius 2 is 1.97 bits per heavy atom. The summed E-state index contributed by atoms with van der Waals surface area (Å²) in [7, 11) is 0. The van der Waals surface area contributed by atoms with E-state index >= 15 is 0 Å². The summed E-state index contributed by atoms with van der Waals surface area (Å²) < 4.78 is 7.04. The lowest BCUT2D eigenvalue weighted by atomic mass is 9.96. The second-order valence-corrected chi connectivity index (χ2v) is 8.95. The normalized spacial score (nSPS) is 12.7. The topological polar surface area (TPSA) is 97.0 Å². The first-order valence-electron chi connectivity index (χ1n) is 10.6. The van der Waals surface area contributed by atoms with Gasteiger partial charge in [-0.05, 0) is 50.7 Å². The Kier molecular flexibility index (Phi) is 6.37. The van der Waals surface area contributed by atoms with Crippen LogP contribution >= 0.6 is 11.3 Å². The lowest BCUT2D eigenvalue weighted by molar-refractivity contribution is -0.119. The first-order chi connectivity index (χ1) is 15.5. The molecule has 4 rings (SSSR count). The smallest absolute Gasteiger partial charge is 0.342 e. The van der Waals surface area contributed by atoms with Gasteiger partial charge in [0.15, 0.2) is 6.61 Å². The third-order valence-electron chi connectivity index (χ3n) is 5.63. The highest BCUT2D eigenvalue weighted by atomic mass is 32.1. The van der Waals surface area contributed by atoms with E-state index in [1.54, 1.807) is 11.6 Å². The van der Waals surface area contributed by atoms with Gasteiger partial charge in [0.2, 0.25) is 0 Å². The molecule has 2 heterocycles. The molecular weight excluding hydrogens is 424 g/mol. The number of aromatic nitrogens is 2. The largest absolute Gasteiger partial charge is 0.452 e. The van der Waals surface area contributed by atoms with Crippen molar-refractivity contribution in [2.75, 3.05) is 11.9 Å². The van der Waals surface area contributed by atoms with Crippen molar-refractivity contribution in [3.8, 4) is 6.07 Å². The Labute approximate surface area is 190 Å². The van der Waals surface area contributed by atoms with Crippen LogP contribution in [0.5, 0.6) is 0 Å². The van der Waals surface area contributed by atoms with E-state index in [2.05, 4.69) is 16.5 Å². The number of rotatable bonds is 6. The summed E-state index contributed by atoms with van der Waals surface area (Å²) in [5.74, 6) is -1.04. The van der Waals surface area contributed by atoms with Gasteiger partial charge in [-0.3, -0.25) is 9.48 Å². The average Bonchev–Trinajstić information content (AvgIpc) is 3.28. The fourth-order valence-electron chi connectivity index (χ4n) is 4.04. The van der Waals surface area contributed by atoms with E-state index < -0.39 is 18.5 Å². The maximum absolute atomic E-state index is 12.7. The van der Waals surface area contributed by atoms with Crippen LogP contribution in [0.2, 0.25) is 0 Å². The molecule has 0 spiro atoms. The number of anilines is 1. The van der Waals surface area contributed by atoms with Crippen molar-refractivity contribution in [3.05, 3.63) is 68.9 Å². The predicted molar refractivity (Wildman–Crippen MR) is 122 cm³/mol. The number of nitrogens with one attached hydrogen (secondary N) is 1. The summed E-state index contributed by atoms with van der Waals surface area (Å²) in [5.41, 5.74) is 4.28. The Morgan fingerprint density at radius 1 is 1.22 bits per heavy atom. The van der Waals surface area contributed by atoms with Gasteiger partial charge in [-0.2, -0.15) is 10.4 Å². The second kappa shape index (κ2) is 9.37. The lowest BCUT2D eigenvalue weighted by Gasteiger charge is -2.09. The number of aryl methyl sites for hydroxylation is 2. The van der Waals surface area contributed by atoms with E-state index in [1.807, 2.05) is 37.3 Å². The minimum Gasteiger partial charge on any atom is -0.452 e. The van der Waals surface area contributed by atoms with Crippen LogP contribution in [-0.4, -0.2) is 28.3 Å². The van der Waals surface area contributed by atoms with Gasteiger partial charge >= 0.3 is 5.97 Å². The number of thiophene rings is 1. The molecule has 7 nitrogen and oxygen atoms in total. The fourth-order valence-corrected chi connectivity index (χ4v) is 5.30. The fraction of sp³-hybridized carbons (Fsp3) is 0.333. The number of nitrogens with zero attached hydrogens (tertiary/aromatic N) is 3. The third-order valence-corrected chi connectivity index (χ3v) is 6.84. The van der Waals surface area contributed by atoms with Crippen molar-refractivity contribution in [2.45, 2.75) is 46.1 Å². The van der Waals surface area contributed by atoms with Gasteiger partial charge in [0.25, 0.3) is 5.91 Å². The van der Waals surface area contributed by atoms with Crippen LogP contribution in [0.4, 0.5) is 5.00 Å². The molecule has 0 radical (unpaired) electrons. The van der Waals surface area contributed by atoms with Crippen LogP contribution in [0.25, 0.3) is 0 Å². The minimum absolute atomic E-state index is 0.373. The van der Waals surface area contributed by atoms with Crippen LogP contribution in [0.1, 0.15) is 56.2 Å². The van der Waals surface area contributed by atoms with Crippen molar-refractivity contribution in [1.82, 2.24) is 9.78 Å². The summed E-state index contributed by atoms with van der Waals surface area (Å²) in [6.07, 6.45) is 3.95. The standard InChI is InChI=1S/C24H24N4O3S/c1-15-22(16(2)28(27-15)13-17-8-4-3-5-9-17)24(30)31-14-21(29)26-23-19(12-25)18-10-6-7-11-20(18)32-23/h3-5,8-9H,6-7,10-11,13-14H2,1-2H3,(H,26,29). The molecule has 1 aliphatic rings. The van der Waals surface area contributed by atoms with Crippen molar-refractivity contribution >= 4 is 28.2 Å². The second-order valence-electron chi connectivity index (χ2n) is 7.84. The molecule has 0 bridgehead atoms. The monoisotopic (exact) mass is 448 g/mol. The lowest BCUT2D eigenvalue weighted by Crippen LogP contribution is -2.21. The average molecular weight is 449 g/mol. The van der Waals surface area contributed by atoms with Crippen LogP contribution in [0.3, 0.4) is 0 Å². The first kappa shape index (κ1) is 21.8. The Morgan fingerprint density at radius 3 is 2.72 bits per heavy atom. The Bertz CT molecular complexity index is 1200.